The van der Waals surface area contributed by atoms with E-state index in [1.54, 1.807) is 43.5 Å². The molecule has 12 nitrogen and oxygen atoms in total. The van der Waals surface area contributed by atoms with Crippen molar-refractivity contribution in [3.8, 4) is 11.5 Å². The quantitative estimate of drug-likeness (QED) is 0.161. The van der Waals surface area contributed by atoms with Gasteiger partial charge in [-0.1, -0.05) is 18.7 Å². The highest BCUT2D eigenvalue weighted by atomic mass is 16.5. The van der Waals surface area contributed by atoms with Gasteiger partial charge in [0.2, 0.25) is 11.9 Å². The van der Waals surface area contributed by atoms with E-state index in [2.05, 4.69) is 66.8 Å². The Morgan fingerprint density at radius 3 is 2.22 bits per heavy atom. The minimum absolute atomic E-state index is 0.176. The van der Waals surface area contributed by atoms with Gasteiger partial charge in [-0.05, 0) is 68.1 Å². The monoisotopic (exact) mass is 622 g/mol. The summed E-state index contributed by atoms with van der Waals surface area (Å²) in [5.74, 6) is 0.704. The predicted octanol–water partition coefficient (Wildman–Crippen LogP) is 5.42. The number of likely N-dealkylation sites (N-methyl/N-ethyl adjacent to an activating group) is 1. The number of amides is 2. The zero-order valence-electron chi connectivity index (χ0n) is 26.4. The van der Waals surface area contributed by atoms with Crippen molar-refractivity contribution in [1.29, 1.82) is 0 Å². The average Bonchev–Trinajstić information content (AvgIpc) is 3.07. The Kier molecular flexibility index (Phi) is 9.98. The van der Waals surface area contributed by atoms with E-state index in [1.165, 1.54) is 19.4 Å². The average molecular weight is 623 g/mol. The van der Waals surface area contributed by atoms with Crippen LogP contribution < -0.4 is 35.6 Å². The molecule has 0 atom stereocenters. The van der Waals surface area contributed by atoms with E-state index in [-0.39, 0.29) is 23.2 Å². The standard InChI is InChI=1S/C34H38N8O4/c1-6-31(43)37-26-9-7-8-10-27(26)38-32-25(33(44)39-28-20-30(46-5)29(45-4)19-22(28)2)21-35-34(40-32)36-23-11-13-24(14-12-23)42-17-15-41(3)16-18-42/h6-14,19-21H,1,15-18H2,2-5H3,(H,37,43)(H,39,44)(H2,35,36,38,40). The molecule has 0 saturated carbocycles. The van der Waals surface area contributed by atoms with Gasteiger partial charge >= 0.3 is 0 Å². The maximum absolute atomic E-state index is 13.7. The van der Waals surface area contributed by atoms with Crippen molar-refractivity contribution in [2.75, 3.05) is 73.6 Å². The number of carbonyl (C=O) groups is 2. The molecule has 0 bridgehead atoms. The van der Waals surface area contributed by atoms with Gasteiger partial charge in [0.05, 0.1) is 25.6 Å². The minimum Gasteiger partial charge on any atom is -0.493 e. The van der Waals surface area contributed by atoms with Crippen molar-refractivity contribution >= 4 is 52.0 Å². The molecule has 0 spiro atoms. The van der Waals surface area contributed by atoms with Crippen LogP contribution in [0.1, 0.15) is 15.9 Å². The van der Waals surface area contributed by atoms with Gasteiger partial charge in [-0.15, -0.1) is 0 Å². The van der Waals surface area contributed by atoms with Crippen LogP contribution >= 0.6 is 0 Å². The van der Waals surface area contributed by atoms with Gasteiger partial charge in [0, 0.05) is 55.5 Å². The number of aryl methyl sites for hydroxylation is 1. The number of carbonyl (C=O) groups excluding carboxylic acids is 2. The van der Waals surface area contributed by atoms with E-state index in [4.69, 9.17) is 9.47 Å². The van der Waals surface area contributed by atoms with Gasteiger partial charge in [0.15, 0.2) is 11.5 Å². The Labute approximate surface area is 268 Å². The van der Waals surface area contributed by atoms with Crippen LogP contribution in [-0.2, 0) is 4.79 Å². The van der Waals surface area contributed by atoms with E-state index in [0.717, 1.165) is 43.1 Å². The largest absolute Gasteiger partial charge is 0.493 e. The summed E-state index contributed by atoms with van der Waals surface area (Å²) < 4.78 is 10.8. The van der Waals surface area contributed by atoms with Crippen molar-refractivity contribution in [2.24, 2.45) is 0 Å². The van der Waals surface area contributed by atoms with Crippen LogP contribution in [0.25, 0.3) is 0 Å². The molecule has 1 saturated heterocycles. The molecule has 5 rings (SSSR count). The van der Waals surface area contributed by atoms with Crippen molar-refractivity contribution in [1.82, 2.24) is 14.9 Å². The number of nitrogens with one attached hydrogen (secondary N) is 4. The smallest absolute Gasteiger partial charge is 0.261 e. The fourth-order valence-corrected chi connectivity index (χ4v) is 4.97. The van der Waals surface area contributed by atoms with Crippen LogP contribution in [0, 0.1) is 6.92 Å². The Morgan fingerprint density at radius 1 is 0.870 bits per heavy atom. The van der Waals surface area contributed by atoms with E-state index in [9.17, 15) is 9.59 Å². The number of anilines is 7. The highest BCUT2D eigenvalue weighted by molar-refractivity contribution is 6.09. The molecule has 238 valence electrons. The molecule has 4 aromatic rings. The molecule has 46 heavy (non-hydrogen) atoms. The van der Waals surface area contributed by atoms with Crippen molar-refractivity contribution in [3.63, 3.8) is 0 Å². The third-order valence-electron chi connectivity index (χ3n) is 7.63. The number of methoxy groups -OCH3 is 2. The Bertz CT molecular complexity index is 1720. The van der Waals surface area contributed by atoms with Gasteiger partial charge < -0.3 is 40.5 Å². The van der Waals surface area contributed by atoms with Crippen LogP contribution in [0.4, 0.5) is 40.2 Å². The summed E-state index contributed by atoms with van der Waals surface area (Å²) in [4.78, 5) is 39.6. The van der Waals surface area contributed by atoms with Crippen molar-refractivity contribution in [2.45, 2.75) is 6.92 Å². The molecule has 1 aliphatic heterocycles. The van der Waals surface area contributed by atoms with Crippen molar-refractivity contribution in [3.05, 3.63) is 90.6 Å². The first-order chi connectivity index (χ1) is 22.3. The first-order valence-electron chi connectivity index (χ1n) is 14.8. The predicted molar refractivity (Wildman–Crippen MR) is 182 cm³/mol. The third-order valence-corrected chi connectivity index (χ3v) is 7.63. The molecule has 1 fully saturated rings. The SMILES string of the molecule is C=CC(=O)Nc1ccccc1Nc1nc(Nc2ccc(N3CCN(C)CC3)cc2)ncc1C(=O)Nc1cc(OC)c(OC)cc1C. The van der Waals surface area contributed by atoms with Crippen LogP contribution in [0.3, 0.4) is 0 Å². The molecular weight excluding hydrogens is 584 g/mol. The lowest BCUT2D eigenvalue weighted by molar-refractivity contribution is -0.111. The third kappa shape index (κ3) is 7.53. The normalized spacial score (nSPS) is 13.0. The number of hydrogen-bond acceptors (Lipinski definition) is 10. The number of benzene rings is 3. The molecule has 4 N–H and O–H groups in total. The van der Waals surface area contributed by atoms with E-state index in [0.29, 0.717) is 28.6 Å². The van der Waals surface area contributed by atoms with Gasteiger partial charge in [0.25, 0.3) is 5.91 Å². The molecular formula is C34H38N8O4. The molecule has 0 unspecified atom stereocenters. The second-order valence-corrected chi connectivity index (χ2v) is 10.8. The summed E-state index contributed by atoms with van der Waals surface area (Å²) in [5, 5.41) is 12.2. The number of rotatable bonds is 11. The van der Waals surface area contributed by atoms with E-state index >= 15 is 0 Å². The number of nitrogens with zero attached hydrogens (tertiary/aromatic N) is 4. The summed E-state index contributed by atoms with van der Waals surface area (Å²) in [7, 11) is 5.22. The van der Waals surface area contributed by atoms with Gasteiger partial charge in [0.1, 0.15) is 11.4 Å². The van der Waals surface area contributed by atoms with Gasteiger partial charge in [-0.25, -0.2) is 4.98 Å². The maximum atomic E-state index is 13.7. The molecule has 3 aromatic carbocycles. The lowest BCUT2D eigenvalue weighted by atomic mass is 10.1. The topological polar surface area (TPSA) is 133 Å². The molecule has 1 aliphatic rings. The summed E-state index contributed by atoms with van der Waals surface area (Å²) >= 11 is 0. The summed E-state index contributed by atoms with van der Waals surface area (Å²) in [6.45, 7) is 9.38. The lowest BCUT2D eigenvalue weighted by Crippen LogP contribution is -2.44. The maximum Gasteiger partial charge on any atom is 0.261 e. The molecule has 12 heteroatoms. The molecule has 0 aliphatic carbocycles. The number of aromatic nitrogens is 2. The Hall–Kier alpha value is -5.62. The molecule has 2 heterocycles. The van der Waals surface area contributed by atoms with E-state index < -0.39 is 5.91 Å². The summed E-state index contributed by atoms with van der Waals surface area (Å²) in [5.41, 5.74) is 4.44. The second-order valence-electron chi connectivity index (χ2n) is 10.8. The van der Waals surface area contributed by atoms with Crippen LogP contribution in [0.5, 0.6) is 11.5 Å². The number of ether oxygens (including phenoxy) is 2. The van der Waals surface area contributed by atoms with E-state index in [1.807, 2.05) is 19.1 Å². The first kappa shape index (κ1) is 31.8. The number of hydrogen-bond donors (Lipinski definition) is 4. The fourth-order valence-electron chi connectivity index (χ4n) is 4.97. The fraction of sp³-hybridized carbons (Fsp3) is 0.235. The van der Waals surface area contributed by atoms with Gasteiger partial charge in [-0.3, -0.25) is 9.59 Å². The Balaban J connectivity index is 1.44. The highest BCUT2D eigenvalue weighted by Crippen LogP contribution is 2.34. The summed E-state index contributed by atoms with van der Waals surface area (Å²) in [6, 6.07) is 18.7. The van der Waals surface area contributed by atoms with Crippen LogP contribution in [0.15, 0.2) is 79.5 Å². The van der Waals surface area contributed by atoms with Crippen LogP contribution in [-0.4, -0.2) is 74.1 Å². The Morgan fingerprint density at radius 2 is 1.54 bits per heavy atom. The molecule has 0 radical (unpaired) electrons. The number of piperazine rings is 1. The molecule has 1 aromatic heterocycles. The number of para-hydroxylation sites is 2. The second kappa shape index (κ2) is 14.4. The van der Waals surface area contributed by atoms with Crippen LogP contribution in [0.2, 0.25) is 0 Å². The highest BCUT2D eigenvalue weighted by Gasteiger charge is 2.20. The van der Waals surface area contributed by atoms with Gasteiger partial charge in [-0.2, -0.15) is 4.98 Å². The zero-order valence-corrected chi connectivity index (χ0v) is 26.4. The first-order valence-corrected chi connectivity index (χ1v) is 14.8. The zero-order chi connectivity index (χ0) is 32.6. The minimum atomic E-state index is -0.450. The van der Waals surface area contributed by atoms with Crippen molar-refractivity contribution < 1.29 is 19.1 Å². The lowest BCUT2D eigenvalue weighted by Gasteiger charge is -2.34. The molecule has 2 amide bonds. The summed E-state index contributed by atoms with van der Waals surface area (Å²) in [6.07, 6.45) is 2.63.